The summed E-state index contributed by atoms with van der Waals surface area (Å²) < 4.78 is 48.2. The molecule has 0 aliphatic carbocycles. The molecule has 3 aromatic rings. The van der Waals surface area contributed by atoms with Gasteiger partial charge in [0, 0.05) is 43.5 Å². The standard InChI is InChI=1S/C24H21F3N4O5/c25-14-6-18(26)16(19(27)7-14)10-29-23(33)17-11-31-15(9-30-35)8-28-24(34)20(31)22(21(17)32)36-12-13-4-2-1-3-5-13/h1-7,11,15,30,35H,8-10,12H2,(H,28,34)(H,29,33)/t15-/m1/s1. The van der Waals surface area contributed by atoms with Crippen molar-refractivity contribution in [3.05, 3.63) is 98.7 Å². The lowest BCUT2D eigenvalue weighted by molar-refractivity contribution is 0.0875. The van der Waals surface area contributed by atoms with Gasteiger partial charge in [0.15, 0.2) is 11.4 Å². The second-order valence-electron chi connectivity index (χ2n) is 7.99. The van der Waals surface area contributed by atoms with Gasteiger partial charge in [-0.25, -0.2) is 18.7 Å². The normalized spacial score (nSPS) is 14.7. The predicted molar refractivity (Wildman–Crippen MR) is 120 cm³/mol. The number of carbonyl (C=O) groups excluding carboxylic acids is 2. The number of nitrogens with zero attached hydrogens (tertiary/aromatic N) is 1. The summed E-state index contributed by atoms with van der Waals surface area (Å²) in [4.78, 5) is 38.8. The van der Waals surface area contributed by atoms with E-state index < -0.39 is 64.2 Å². The number of benzene rings is 2. The Morgan fingerprint density at radius 2 is 1.83 bits per heavy atom. The SMILES string of the molecule is O=C(NCc1c(F)cc(F)cc1F)c1cn2c(c(OCc3ccccc3)c1=O)C(=O)NC[C@@H]2CNO. The molecule has 4 rings (SSSR count). The number of halogens is 3. The minimum absolute atomic E-state index is 0.0403. The number of hydrogen-bond acceptors (Lipinski definition) is 6. The first kappa shape index (κ1) is 24.9. The maximum atomic E-state index is 14.0. The van der Waals surface area contributed by atoms with Gasteiger partial charge in [0.25, 0.3) is 11.8 Å². The van der Waals surface area contributed by atoms with E-state index in [-0.39, 0.29) is 25.4 Å². The molecule has 12 heteroatoms. The summed E-state index contributed by atoms with van der Waals surface area (Å²) in [5.41, 5.74) is 0.577. The van der Waals surface area contributed by atoms with Crippen LogP contribution in [-0.2, 0) is 13.2 Å². The molecular weight excluding hydrogens is 481 g/mol. The molecule has 36 heavy (non-hydrogen) atoms. The molecule has 0 bridgehead atoms. The topological polar surface area (TPSA) is 122 Å². The maximum absolute atomic E-state index is 14.0. The lowest BCUT2D eigenvalue weighted by atomic mass is 10.1. The van der Waals surface area contributed by atoms with Crippen LogP contribution < -0.4 is 26.3 Å². The van der Waals surface area contributed by atoms with Gasteiger partial charge < -0.3 is 25.1 Å². The Hall–Kier alpha value is -4.16. The van der Waals surface area contributed by atoms with Crippen LogP contribution in [-0.4, -0.2) is 34.7 Å². The van der Waals surface area contributed by atoms with Crippen LogP contribution in [0.3, 0.4) is 0 Å². The lowest BCUT2D eigenvalue weighted by Gasteiger charge is -2.30. The Bertz CT molecular complexity index is 1340. The van der Waals surface area contributed by atoms with Crippen molar-refractivity contribution in [2.45, 2.75) is 19.2 Å². The summed E-state index contributed by atoms with van der Waals surface area (Å²) in [6.07, 6.45) is 1.13. The average Bonchev–Trinajstić information content (AvgIpc) is 2.85. The molecule has 1 aliphatic heterocycles. The third-order valence-electron chi connectivity index (χ3n) is 5.63. The first-order valence-electron chi connectivity index (χ1n) is 10.8. The fourth-order valence-electron chi connectivity index (χ4n) is 3.82. The zero-order valence-corrected chi connectivity index (χ0v) is 18.7. The third-order valence-corrected chi connectivity index (χ3v) is 5.63. The van der Waals surface area contributed by atoms with Gasteiger partial charge in [0.1, 0.15) is 29.6 Å². The number of pyridine rings is 1. The monoisotopic (exact) mass is 502 g/mol. The first-order valence-corrected chi connectivity index (χ1v) is 10.8. The summed E-state index contributed by atoms with van der Waals surface area (Å²) in [6.45, 7) is -0.717. The second-order valence-corrected chi connectivity index (χ2v) is 7.99. The number of hydrogen-bond donors (Lipinski definition) is 4. The molecule has 0 radical (unpaired) electrons. The van der Waals surface area contributed by atoms with E-state index in [2.05, 4.69) is 10.6 Å². The minimum Gasteiger partial charge on any atom is -0.483 e. The van der Waals surface area contributed by atoms with Crippen LogP contribution in [0.4, 0.5) is 13.2 Å². The number of fused-ring (bicyclic) bond motifs is 1. The Labute approximate surface area is 202 Å². The van der Waals surface area contributed by atoms with Crippen molar-refractivity contribution in [3.8, 4) is 5.75 Å². The van der Waals surface area contributed by atoms with Crippen molar-refractivity contribution in [3.63, 3.8) is 0 Å². The van der Waals surface area contributed by atoms with E-state index in [9.17, 15) is 32.8 Å². The third kappa shape index (κ3) is 5.09. The quantitative estimate of drug-likeness (QED) is 0.350. The zero-order valence-electron chi connectivity index (χ0n) is 18.7. The molecule has 2 aromatic carbocycles. The molecule has 0 saturated heterocycles. The zero-order chi connectivity index (χ0) is 25.8. The van der Waals surface area contributed by atoms with Crippen molar-refractivity contribution >= 4 is 11.8 Å². The van der Waals surface area contributed by atoms with E-state index in [0.29, 0.717) is 17.7 Å². The molecule has 9 nitrogen and oxygen atoms in total. The van der Waals surface area contributed by atoms with Crippen molar-refractivity contribution in [2.24, 2.45) is 0 Å². The van der Waals surface area contributed by atoms with Crippen molar-refractivity contribution in [1.29, 1.82) is 0 Å². The van der Waals surface area contributed by atoms with E-state index in [0.717, 1.165) is 6.20 Å². The van der Waals surface area contributed by atoms with Crippen LogP contribution in [0.25, 0.3) is 0 Å². The Kier molecular flexibility index (Phi) is 7.36. The summed E-state index contributed by atoms with van der Waals surface area (Å²) in [7, 11) is 0. The van der Waals surface area contributed by atoms with Gasteiger partial charge in [-0.05, 0) is 5.56 Å². The van der Waals surface area contributed by atoms with Gasteiger partial charge in [0.05, 0.1) is 6.04 Å². The highest BCUT2D eigenvalue weighted by Crippen LogP contribution is 2.24. The van der Waals surface area contributed by atoms with Gasteiger partial charge in [-0.3, -0.25) is 14.4 Å². The highest BCUT2D eigenvalue weighted by Gasteiger charge is 2.32. The molecule has 1 aliphatic rings. The number of amides is 2. The summed E-state index contributed by atoms with van der Waals surface area (Å²) in [5.74, 6) is -5.53. The lowest BCUT2D eigenvalue weighted by Crippen LogP contribution is -2.45. The van der Waals surface area contributed by atoms with Crippen LogP contribution in [0.2, 0.25) is 0 Å². The van der Waals surface area contributed by atoms with Crippen LogP contribution in [0.1, 0.15) is 38.0 Å². The molecule has 1 atom stereocenters. The molecule has 0 saturated carbocycles. The van der Waals surface area contributed by atoms with E-state index in [4.69, 9.17) is 4.74 Å². The number of nitrogens with one attached hydrogen (secondary N) is 3. The van der Waals surface area contributed by atoms with Crippen molar-refractivity contribution < 1.29 is 32.7 Å². The number of aromatic nitrogens is 1. The van der Waals surface area contributed by atoms with Gasteiger partial charge in [-0.1, -0.05) is 30.3 Å². The Morgan fingerprint density at radius 1 is 1.14 bits per heavy atom. The molecule has 1 aromatic heterocycles. The molecule has 2 heterocycles. The van der Waals surface area contributed by atoms with Gasteiger partial charge in [-0.15, -0.1) is 0 Å². The fraction of sp³-hybridized carbons (Fsp3) is 0.208. The van der Waals surface area contributed by atoms with Gasteiger partial charge in [0.2, 0.25) is 5.43 Å². The highest BCUT2D eigenvalue weighted by molar-refractivity contribution is 5.99. The number of carbonyl (C=O) groups is 2. The smallest absolute Gasteiger partial charge is 0.272 e. The summed E-state index contributed by atoms with van der Waals surface area (Å²) in [5, 5.41) is 14.1. The van der Waals surface area contributed by atoms with Crippen LogP contribution >= 0.6 is 0 Å². The number of ether oxygens (including phenoxy) is 1. The van der Waals surface area contributed by atoms with E-state index >= 15 is 0 Å². The predicted octanol–water partition coefficient (Wildman–Crippen LogP) is 2.04. The molecule has 2 amide bonds. The van der Waals surface area contributed by atoms with E-state index in [1.807, 2.05) is 5.48 Å². The van der Waals surface area contributed by atoms with Crippen LogP contribution in [0, 0.1) is 17.5 Å². The number of rotatable bonds is 8. The van der Waals surface area contributed by atoms with Crippen molar-refractivity contribution in [2.75, 3.05) is 13.1 Å². The molecule has 0 spiro atoms. The van der Waals surface area contributed by atoms with Crippen LogP contribution in [0.15, 0.2) is 53.5 Å². The second kappa shape index (κ2) is 10.6. The van der Waals surface area contributed by atoms with Crippen LogP contribution in [0.5, 0.6) is 5.75 Å². The molecule has 0 unspecified atom stereocenters. The molecule has 188 valence electrons. The Balaban J connectivity index is 1.71. The highest BCUT2D eigenvalue weighted by atomic mass is 19.1. The molecule has 0 fully saturated rings. The molecule has 4 N–H and O–H groups in total. The Morgan fingerprint density at radius 3 is 2.50 bits per heavy atom. The van der Waals surface area contributed by atoms with E-state index in [1.54, 1.807) is 30.3 Å². The van der Waals surface area contributed by atoms with Crippen molar-refractivity contribution in [1.82, 2.24) is 20.7 Å². The maximum Gasteiger partial charge on any atom is 0.272 e. The van der Waals surface area contributed by atoms with Gasteiger partial charge >= 0.3 is 0 Å². The summed E-state index contributed by atoms with van der Waals surface area (Å²) in [6, 6.07) is 9.13. The molecular formula is C24H21F3N4O5. The van der Waals surface area contributed by atoms with E-state index in [1.165, 1.54) is 4.57 Å². The summed E-state index contributed by atoms with van der Waals surface area (Å²) >= 11 is 0. The van der Waals surface area contributed by atoms with Gasteiger partial charge in [-0.2, -0.15) is 0 Å². The minimum atomic E-state index is -1.20. The fourth-order valence-corrected chi connectivity index (χ4v) is 3.82. The average molecular weight is 502 g/mol. The first-order chi connectivity index (χ1) is 17.3. The number of hydroxylamine groups is 1. The largest absolute Gasteiger partial charge is 0.483 e.